The minimum absolute atomic E-state index is 0.0602. The molecule has 0 unspecified atom stereocenters. The maximum Gasteiger partial charge on any atom is 0.307 e. The second kappa shape index (κ2) is 5.78. The molecule has 3 nitrogen and oxygen atoms in total. The lowest BCUT2D eigenvalue weighted by Crippen LogP contribution is -2.01. The zero-order valence-electron chi connectivity index (χ0n) is 12.0. The molecule has 20 heavy (non-hydrogen) atoms. The summed E-state index contributed by atoms with van der Waals surface area (Å²) in [5.74, 6) is -0.806. The Bertz CT molecular complexity index is 627. The van der Waals surface area contributed by atoms with Crippen LogP contribution in [-0.4, -0.2) is 11.1 Å². The summed E-state index contributed by atoms with van der Waals surface area (Å²) in [5.41, 5.74) is 6.35. The summed E-state index contributed by atoms with van der Waals surface area (Å²) < 4.78 is 0. The molecule has 0 spiro atoms. The first-order valence-corrected chi connectivity index (χ1v) is 6.60. The van der Waals surface area contributed by atoms with E-state index in [0.717, 1.165) is 22.5 Å². The monoisotopic (exact) mass is 269 g/mol. The molecule has 0 aliphatic carbocycles. The lowest BCUT2D eigenvalue weighted by atomic mass is 10.1. The van der Waals surface area contributed by atoms with Gasteiger partial charge >= 0.3 is 5.97 Å². The van der Waals surface area contributed by atoms with E-state index in [1.807, 2.05) is 25.1 Å². The van der Waals surface area contributed by atoms with Gasteiger partial charge in [-0.3, -0.25) is 4.79 Å². The van der Waals surface area contributed by atoms with E-state index in [4.69, 9.17) is 5.11 Å². The Balaban J connectivity index is 2.23. The maximum atomic E-state index is 10.7. The van der Waals surface area contributed by atoms with E-state index in [-0.39, 0.29) is 6.42 Å². The van der Waals surface area contributed by atoms with Gasteiger partial charge in [-0.25, -0.2) is 0 Å². The van der Waals surface area contributed by atoms with Crippen molar-refractivity contribution in [1.29, 1.82) is 0 Å². The van der Waals surface area contributed by atoms with Gasteiger partial charge in [0.1, 0.15) is 0 Å². The number of anilines is 2. The summed E-state index contributed by atoms with van der Waals surface area (Å²) in [6.45, 7) is 6.12. The minimum atomic E-state index is -0.806. The van der Waals surface area contributed by atoms with Gasteiger partial charge in [-0.1, -0.05) is 18.2 Å². The Labute approximate surface area is 119 Å². The van der Waals surface area contributed by atoms with Crippen molar-refractivity contribution in [2.45, 2.75) is 27.2 Å². The predicted molar refractivity (Wildman–Crippen MR) is 81.7 cm³/mol. The van der Waals surface area contributed by atoms with Gasteiger partial charge in [0.05, 0.1) is 6.42 Å². The number of benzene rings is 2. The van der Waals surface area contributed by atoms with Crippen molar-refractivity contribution >= 4 is 17.3 Å². The van der Waals surface area contributed by atoms with E-state index in [0.29, 0.717) is 0 Å². The van der Waals surface area contributed by atoms with Crippen molar-refractivity contribution in [2.75, 3.05) is 5.32 Å². The van der Waals surface area contributed by atoms with E-state index in [2.05, 4.69) is 37.4 Å². The van der Waals surface area contributed by atoms with Crippen LogP contribution in [0.4, 0.5) is 11.4 Å². The first-order chi connectivity index (χ1) is 9.44. The average Bonchev–Trinajstić information content (AvgIpc) is 2.30. The second-order valence-corrected chi connectivity index (χ2v) is 5.22. The van der Waals surface area contributed by atoms with Gasteiger partial charge in [0.2, 0.25) is 0 Å². The molecule has 2 rings (SSSR count). The highest BCUT2D eigenvalue weighted by Gasteiger charge is 2.04. The molecule has 0 aromatic heterocycles. The first kappa shape index (κ1) is 14.1. The van der Waals surface area contributed by atoms with E-state index >= 15 is 0 Å². The number of nitrogens with one attached hydrogen (secondary N) is 1. The van der Waals surface area contributed by atoms with Crippen LogP contribution in [0.25, 0.3) is 0 Å². The molecule has 0 amide bonds. The quantitative estimate of drug-likeness (QED) is 0.882. The Kier molecular flexibility index (Phi) is 4.08. The normalized spacial score (nSPS) is 10.3. The fourth-order valence-corrected chi connectivity index (χ4v) is 2.35. The first-order valence-electron chi connectivity index (χ1n) is 6.60. The third kappa shape index (κ3) is 3.60. The smallest absolute Gasteiger partial charge is 0.307 e. The molecular weight excluding hydrogens is 250 g/mol. The Morgan fingerprint density at radius 3 is 2.25 bits per heavy atom. The van der Waals surface area contributed by atoms with Crippen molar-refractivity contribution < 1.29 is 9.90 Å². The number of hydrogen-bond acceptors (Lipinski definition) is 2. The Morgan fingerprint density at radius 2 is 1.70 bits per heavy atom. The zero-order chi connectivity index (χ0) is 14.7. The van der Waals surface area contributed by atoms with Crippen LogP contribution < -0.4 is 5.32 Å². The highest BCUT2D eigenvalue weighted by molar-refractivity contribution is 5.71. The molecule has 2 aromatic rings. The third-order valence-electron chi connectivity index (χ3n) is 3.15. The summed E-state index contributed by atoms with van der Waals surface area (Å²) in [4.78, 5) is 10.7. The maximum absolute atomic E-state index is 10.7. The summed E-state index contributed by atoms with van der Waals surface area (Å²) in [6, 6.07) is 12.0. The van der Waals surface area contributed by atoms with Gasteiger partial charge in [0, 0.05) is 11.4 Å². The fourth-order valence-electron chi connectivity index (χ4n) is 2.35. The number of aliphatic carboxylic acids is 1. The van der Waals surface area contributed by atoms with Crippen LogP contribution in [0.15, 0.2) is 36.4 Å². The van der Waals surface area contributed by atoms with Crippen molar-refractivity contribution in [3.63, 3.8) is 0 Å². The highest BCUT2D eigenvalue weighted by atomic mass is 16.4. The number of carbonyl (C=O) groups is 1. The summed E-state index contributed by atoms with van der Waals surface area (Å²) in [5, 5.41) is 12.2. The summed E-state index contributed by atoms with van der Waals surface area (Å²) in [6.07, 6.45) is 0.0602. The summed E-state index contributed by atoms with van der Waals surface area (Å²) >= 11 is 0. The molecule has 3 heteroatoms. The van der Waals surface area contributed by atoms with Gasteiger partial charge in [0.15, 0.2) is 0 Å². The molecule has 0 aliphatic heterocycles. The molecule has 0 radical (unpaired) electrons. The van der Waals surface area contributed by atoms with Gasteiger partial charge in [-0.05, 0) is 61.2 Å². The largest absolute Gasteiger partial charge is 0.481 e. The topological polar surface area (TPSA) is 49.3 Å². The molecule has 0 saturated heterocycles. The van der Waals surface area contributed by atoms with E-state index in [1.165, 1.54) is 11.1 Å². The molecule has 104 valence electrons. The van der Waals surface area contributed by atoms with Gasteiger partial charge in [-0.2, -0.15) is 0 Å². The van der Waals surface area contributed by atoms with Crippen LogP contribution in [0, 0.1) is 20.8 Å². The van der Waals surface area contributed by atoms with Crippen LogP contribution in [0.5, 0.6) is 0 Å². The second-order valence-electron chi connectivity index (χ2n) is 5.22. The van der Waals surface area contributed by atoms with Gasteiger partial charge in [-0.15, -0.1) is 0 Å². The zero-order valence-corrected chi connectivity index (χ0v) is 12.0. The molecule has 0 heterocycles. The van der Waals surface area contributed by atoms with Crippen LogP contribution in [0.3, 0.4) is 0 Å². The molecule has 0 aliphatic rings. The molecule has 0 atom stereocenters. The molecule has 2 N–H and O–H groups in total. The van der Waals surface area contributed by atoms with Crippen molar-refractivity contribution in [3.05, 3.63) is 58.7 Å². The minimum Gasteiger partial charge on any atom is -0.481 e. The molecule has 0 saturated carbocycles. The Morgan fingerprint density at radius 1 is 1.05 bits per heavy atom. The number of carboxylic acid groups (broad SMARTS) is 1. The third-order valence-corrected chi connectivity index (χ3v) is 3.15. The van der Waals surface area contributed by atoms with Crippen LogP contribution >= 0.6 is 0 Å². The van der Waals surface area contributed by atoms with Crippen LogP contribution in [-0.2, 0) is 11.2 Å². The van der Waals surface area contributed by atoms with E-state index in [9.17, 15) is 4.79 Å². The summed E-state index contributed by atoms with van der Waals surface area (Å²) in [7, 11) is 0. The Hall–Kier alpha value is -2.29. The van der Waals surface area contributed by atoms with Crippen LogP contribution in [0.2, 0.25) is 0 Å². The molecule has 0 bridgehead atoms. The molecule has 2 aromatic carbocycles. The van der Waals surface area contributed by atoms with Crippen molar-refractivity contribution in [3.8, 4) is 0 Å². The van der Waals surface area contributed by atoms with Crippen LogP contribution in [0.1, 0.15) is 22.3 Å². The lowest BCUT2D eigenvalue weighted by molar-refractivity contribution is -0.136. The standard InChI is InChI=1S/C17H19NO2/c1-11-6-12(2)8-15(7-11)18-16-5-4-14(9-13(16)3)10-17(19)20/h4-9,18H,10H2,1-3H3,(H,19,20). The highest BCUT2D eigenvalue weighted by Crippen LogP contribution is 2.23. The SMILES string of the molecule is Cc1cc(C)cc(Nc2ccc(CC(=O)O)cc2C)c1. The average molecular weight is 269 g/mol. The van der Waals surface area contributed by atoms with Crippen molar-refractivity contribution in [1.82, 2.24) is 0 Å². The van der Waals surface area contributed by atoms with Gasteiger partial charge in [0.25, 0.3) is 0 Å². The number of hydrogen-bond donors (Lipinski definition) is 2. The fraction of sp³-hybridized carbons (Fsp3) is 0.235. The number of rotatable bonds is 4. The predicted octanol–water partition coefficient (Wildman–Crippen LogP) is 3.98. The molecular formula is C17H19NO2. The number of carboxylic acids is 1. The van der Waals surface area contributed by atoms with Gasteiger partial charge < -0.3 is 10.4 Å². The van der Waals surface area contributed by atoms with E-state index < -0.39 is 5.97 Å². The lowest BCUT2D eigenvalue weighted by Gasteiger charge is -2.12. The van der Waals surface area contributed by atoms with Crippen molar-refractivity contribution in [2.24, 2.45) is 0 Å². The molecule has 0 fully saturated rings. The van der Waals surface area contributed by atoms with E-state index in [1.54, 1.807) is 0 Å². The number of aryl methyl sites for hydroxylation is 3.